The van der Waals surface area contributed by atoms with Crippen LogP contribution in [0.3, 0.4) is 0 Å². The number of rotatable bonds is 5. The smallest absolute Gasteiger partial charge is 0.340 e. The molecule has 1 aromatic carbocycles. The van der Waals surface area contributed by atoms with Crippen LogP contribution in [0.5, 0.6) is 0 Å². The molecule has 0 amide bonds. The van der Waals surface area contributed by atoms with Gasteiger partial charge in [-0.05, 0) is 50.6 Å². The first-order valence-electron chi connectivity index (χ1n) is 6.87. The van der Waals surface area contributed by atoms with Crippen LogP contribution in [0.15, 0.2) is 24.3 Å². The predicted octanol–water partition coefficient (Wildman–Crippen LogP) is 3.74. The summed E-state index contributed by atoms with van der Waals surface area (Å²) in [5.41, 5.74) is 8.82. The fraction of sp³-hybridized carbons (Fsp3) is 0.312. The van der Waals surface area contributed by atoms with Crippen LogP contribution in [0, 0.1) is 13.8 Å². The number of nitrogens with one attached hydrogen (secondary N) is 1. The lowest BCUT2D eigenvalue weighted by molar-refractivity contribution is 0.0527. The van der Waals surface area contributed by atoms with Gasteiger partial charge in [-0.2, -0.15) is 0 Å². The molecule has 0 aliphatic rings. The quantitative estimate of drug-likeness (QED) is 0.652. The van der Waals surface area contributed by atoms with Crippen LogP contribution in [0.4, 0.5) is 11.4 Å². The average molecular weight is 304 g/mol. The molecule has 0 unspecified atom stereocenters. The van der Waals surface area contributed by atoms with Crippen molar-refractivity contribution in [2.24, 2.45) is 0 Å². The Labute approximate surface area is 128 Å². The Morgan fingerprint density at radius 1 is 1.33 bits per heavy atom. The first-order chi connectivity index (χ1) is 10.0. The van der Waals surface area contributed by atoms with Gasteiger partial charge in [0.15, 0.2) is 0 Å². The highest BCUT2D eigenvalue weighted by molar-refractivity contribution is 7.12. The van der Waals surface area contributed by atoms with Crippen molar-refractivity contribution in [1.29, 1.82) is 0 Å². The number of hydrogen-bond acceptors (Lipinski definition) is 5. The molecule has 2 aromatic rings. The summed E-state index contributed by atoms with van der Waals surface area (Å²) >= 11 is 1.78. The minimum Gasteiger partial charge on any atom is -0.462 e. The van der Waals surface area contributed by atoms with E-state index in [1.54, 1.807) is 30.4 Å². The number of aryl methyl sites for hydroxylation is 2. The van der Waals surface area contributed by atoms with E-state index in [0.717, 1.165) is 12.2 Å². The normalized spacial score (nSPS) is 10.4. The monoisotopic (exact) mass is 304 g/mol. The highest BCUT2D eigenvalue weighted by atomic mass is 32.1. The molecule has 1 aromatic heterocycles. The van der Waals surface area contributed by atoms with E-state index in [2.05, 4.69) is 25.2 Å². The molecule has 0 saturated heterocycles. The van der Waals surface area contributed by atoms with Crippen molar-refractivity contribution in [3.63, 3.8) is 0 Å². The Morgan fingerprint density at radius 3 is 2.71 bits per heavy atom. The molecular weight excluding hydrogens is 284 g/mol. The molecule has 2 rings (SSSR count). The van der Waals surface area contributed by atoms with Crippen LogP contribution < -0.4 is 11.1 Å². The molecule has 0 atom stereocenters. The van der Waals surface area contributed by atoms with E-state index < -0.39 is 0 Å². The number of hydrogen-bond donors (Lipinski definition) is 2. The van der Waals surface area contributed by atoms with Crippen molar-refractivity contribution in [1.82, 2.24) is 0 Å². The van der Waals surface area contributed by atoms with Crippen LogP contribution in [0.25, 0.3) is 0 Å². The number of benzene rings is 1. The Balaban J connectivity index is 2.10. The molecule has 5 heteroatoms. The summed E-state index contributed by atoms with van der Waals surface area (Å²) in [5.74, 6) is -0.388. The van der Waals surface area contributed by atoms with E-state index in [9.17, 15) is 4.79 Å². The van der Waals surface area contributed by atoms with Crippen LogP contribution >= 0.6 is 11.3 Å². The van der Waals surface area contributed by atoms with Crippen molar-refractivity contribution in [3.05, 3.63) is 45.1 Å². The highest BCUT2D eigenvalue weighted by Gasteiger charge is 2.11. The molecule has 21 heavy (non-hydrogen) atoms. The van der Waals surface area contributed by atoms with Crippen molar-refractivity contribution in [3.8, 4) is 0 Å². The number of carbonyl (C=O) groups is 1. The van der Waals surface area contributed by atoms with Gasteiger partial charge in [-0.1, -0.05) is 0 Å². The number of thiophene rings is 1. The zero-order valence-electron chi connectivity index (χ0n) is 12.5. The van der Waals surface area contributed by atoms with Crippen molar-refractivity contribution in [2.75, 3.05) is 17.7 Å². The molecule has 0 aliphatic carbocycles. The maximum atomic E-state index is 11.8. The SMILES string of the molecule is CCOC(=O)c1cc(NCc2cc(C)c(C)s2)ccc1N. The van der Waals surface area contributed by atoms with E-state index in [1.807, 2.05) is 6.07 Å². The van der Waals surface area contributed by atoms with Crippen molar-refractivity contribution < 1.29 is 9.53 Å². The fourth-order valence-corrected chi connectivity index (χ4v) is 2.97. The minimum absolute atomic E-state index is 0.337. The summed E-state index contributed by atoms with van der Waals surface area (Å²) in [6, 6.07) is 7.50. The van der Waals surface area contributed by atoms with Crippen molar-refractivity contribution >= 4 is 28.7 Å². The standard InChI is InChI=1S/C16H20N2O2S/c1-4-20-16(19)14-8-12(5-6-15(14)17)18-9-13-7-10(2)11(3)21-13/h5-8,18H,4,9,17H2,1-3H3. The lowest BCUT2D eigenvalue weighted by Gasteiger charge is -2.09. The zero-order chi connectivity index (χ0) is 15.4. The summed E-state index contributed by atoms with van der Waals surface area (Å²) in [4.78, 5) is 14.4. The second-order valence-corrected chi connectivity index (χ2v) is 6.17. The average Bonchev–Trinajstić information content (AvgIpc) is 2.77. The van der Waals surface area contributed by atoms with Gasteiger partial charge in [0.1, 0.15) is 0 Å². The van der Waals surface area contributed by atoms with Gasteiger partial charge in [0.2, 0.25) is 0 Å². The highest BCUT2D eigenvalue weighted by Crippen LogP contribution is 2.23. The Morgan fingerprint density at radius 2 is 2.10 bits per heavy atom. The van der Waals surface area contributed by atoms with Gasteiger partial charge >= 0.3 is 5.97 Å². The lowest BCUT2D eigenvalue weighted by Crippen LogP contribution is -2.09. The third-order valence-corrected chi connectivity index (χ3v) is 4.38. The molecule has 0 fully saturated rings. The molecule has 4 nitrogen and oxygen atoms in total. The summed E-state index contributed by atoms with van der Waals surface area (Å²) in [6.45, 7) is 7.07. The third-order valence-electron chi connectivity index (χ3n) is 3.23. The molecule has 0 spiro atoms. The molecule has 0 saturated carbocycles. The van der Waals surface area contributed by atoms with Gasteiger partial charge in [-0.25, -0.2) is 4.79 Å². The second kappa shape index (κ2) is 6.63. The molecular formula is C16H20N2O2S. The van der Waals surface area contributed by atoms with Crippen LogP contribution in [-0.4, -0.2) is 12.6 Å². The van der Waals surface area contributed by atoms with Gasteiger partial charge in [0, 0.05) is 27.7 Å². The van der Waals surface area contributed by atoms with Crippen LogP contribution in [0.1, 0.15) is 32.6 Å². The minimum atomic E-state index is -0.388. The van der Waals surface area contributed by atoms with Gasteiger partial charge in [-0.15, -0.1) is 11.3 Å². The van der Waals surface area contributed by atoms with Gasteiger partial charge < -0.3 is 15.8 Å². The number of nitrogens with two attached hydrogens (primary N) is 1. The summed E-state index contributed by atoms with van der Waals surface area (Å²) in [5, 5.41) is 3.31. The van der Waals surface area contributed by atoms with Gasteiger partial charge in [-0.3, -0.25) is 0 Å². The molecule has 1 heterocycles. The van der Waals surface area contributed by atoms with E-state index in [0.29, 0.717) is 17.9 Å². The van der Waals surface area contributed by atoms with Crippen LogP contribution in [0.2, 0.25) is 0 Å². The molecule has 0 bridgehead atoms. The molecule has 112 valence electrons. The summed E-state index contributed by atoms with van der Waals surface area (Å²) < 4.78 is 5.00. The number of ether oxygens (including phenoxy) is 1. The predicted molar refractivity (Wildman–Crippen MR) is 87.9 cm³/mol. The van der Waals surface area contributed by atoms with E-state index >= 15 is 0 Å². The number of carbonyl (C=O) groups excluding carboxylic acids is 1. The van der Waals surface area contributed by atoms with Crippen molar-refractivity contribution in [2.45, 2.75) is 27.3 Å². The summed E-state index contributed by atoms with van der Waals surface area (Å²) in [7, 11) is 0. The maximum absolute atomic E-state index is 11.8. The zero-order valence-corrected chi connectivity index (χ0v) is 13.3. The third kappa shape index (κ3) is 3.76. The van der Waals surface area contributed by atoms with Gasteiger partial charge in [0.05, 0.1) is 12.2 Å². The Kier molecular flexibility index (Phi) is 4.85. The number of nitrogen functional groups attached to an aromatic ring is 1. The Bertz CT molecular complexity index is 630. The number of esters is 1. The first kappa shape index (κ1) is 15.4. The van der Waals surface area contributed by atoms with E-state index in [-0.39, 0.29) is 5.97 Å². The topological polar surface area (TPSA) is 64.3 Å². The first-order valence-corrected chi connectivity index (χ1v) is 7.69. The molecule has 0 aliphatic heterocycles. The largest absolute Gasteiger partial charge is 0.462 e. The molecule has 3 N–H and O–H groups in total. The van der Waals surface area contributed by atoms with E-state index in [1.165, 1.54) is 15.3 Å². The molecule has 0 radical (unpaired) electrons. The lowest BCUT2D eigenvalue weighted by atomic mass is 10.1. The maximum Gasteiger partial charge on any atom is 0.340 e. The van der Waals surface area contributed by atoms with E-state index in [4.69, 9.17) is 10.5 Å². The Hall–Kier alpha value is -2.01. The van der Waals surface area contributed by atoms with Gasteiger partial charge in [0.25, 0.3) is 0 Å². The summed E-state index contributed by atoms with van der Waals surface area (Å²) in [6.07, 6.45) is 0. The number of anilines is 2. The second-order valence-electron chi connectivity index (χ2n) is 4.83. The fourth-order valence-electron chi connectivity index (χ4n) is 1.98. The van der Waals surface area contributed by atoms with Crippen LogP contribution in [-0.2, 0) is 11.3 Å².